The van der Waals surface area contributed by atoms with Crippen molar-refractivity contribution in [3.8, 4) is 5.69 Å². The molecular weight excluding hydrogens is 276 g/mol. The van der Waals surface area contributed by atoms with Crippen LogP contribution in [0.5, 0.6) is 0 Å². The van der Waals surface area contributed by atoms with Crippen molar-refractivity contribution in [3.05, 3.63) is 42.5 Å². The molecule has 2 aromatic rings. The van der Waals surface area contributed by atoms with Crippen LogP contribution in [0, 0.1) is 0 Å². The quantitative estimate of drug-likeness (QED) is 0.737. The van der Waals surface area contributed by atoms with Gasteiger partial charge in [-0.3, -0.25) is 4.79 Å². The highest BCUT2D eigenvalue weighted by Crippen LogP contribution is 2.21. The van der Waals surface area contributed by atoms with Crippen LogP contribution in [0.25, 0.3) is 5.69 Å². The van der Waals surface area contributed by atoms with Gasteiger partial charge in [-0.2, -0.15) is 5.10 Å². The minimum atomic E-state index is 0.0684. The molecule has 118 valence electrons. The van der Waals surface area contributed by atoms with Crippen molar-refractivity contribution in [2.45, 2.75) is 45.6 Å². The lowest BCUT2D eigenvalue weighted by atomic mass is 10.1. The van der Waals surface area contributed by atoms with Crippen molar-refractivity contribution in [3.63, 3.8) is 0 Å². The number of benzene rings is 1. The Kier molecular flexibility index (Phi) is 5.69. The molecule has 2 rings (SSSR count). The molecule has 0 aliphatic carbocycles. The van der Waals surface area contributed by atoms with E-state index < -0.39 is 0 Å². The lowest BCUT2D eigenvalue weighted by Crippen LogP contribution is -2.29. The second kappa shape index (κ2) is 7.73. The van der Waals surface area contributed by atoms with E-state index >= 15 is 0 Å². The molecule has 1 atom stereocenters. The first-order chi connectivity index (χ1) is 10.6. The lowest BCUT2D eigenvalue weighted by Gasteiger charge is -2.25. The van der Waals surface area contributed by atoms with E-state index in [4.69, 9.17) is 0 Å². The molecule has 1 amide bonds. The van der Waals surface area contributed by atoms with Gasteiger partial charge in [0, 0.05) is 13.5 Å². The molecule has 0 bridgehead atoms. The van der Waals surface area contributed by atoms with Crippen molar-refractivity contribution < 1.29 is 4.79 Å². The summed E-state index contributed by atoms with van der Waals surface area (Å²) in [6, 6.07) is 8.14. The number of unbranched alkanes of at least 4 members (excludes halogenated alkanes) is 2. The SMILES string of the molecule is CCCCCC(=O)N(C)C(C)c1ccc(-n2cncn2)cc1. The van der Waals surface area contributed by atoms with Crippen molar-refractivity contribution in [1.29, 1.82) is 0 Å². The molecule has 0 fully saturated rings. The molecule has 5 heteroatoms. The maximum absolute atomic E-state index is 12.2. The smallest absolute Gasteiger partial charge is 0.222 e. The third-order valence-corrected chi connectivity index (χ3v) is 4.03. The van der Waals surface area contributed by atoms with Crippen LogP contribution < -0.4 is 0 Å². The van der Waals surface area contributed by atoms with Gasteiger partial charge in [-0.1, -0.05) is 31.9 Å². The maximum Gasteiger partial charge on any atom is 0.222 e. The van der Waals surface area contributed by atoms with Crippen LogP contribution in [-0.4, -0.2) is 32.6 Å². The molecule has 5 nitrogen and oxygen atoms in total. The van der Waals surface area contributed by atoms with Crippen molar-refractivity contribution >= 4 is 5.91 Å². The third-order valence-electron chi connectivity index (χ3n) is 4.03. The van der Waals surface area contributed by atoms with E-state index in [-0.39, 0.29) is 11.9 Å². The summed E-state index contributed by atoms with van der Waals surface area (Å²) in [4.78, 5) is 18.0. The minimum absolute atomic E-state index is 0.0684. The Bertz CT molecular complexity index is 577. The highest BCUT2D eigenvalue weighted by molar-refractivity contribution is 5.76. The van der Waals surface area contributed by atoms with Gasteiger partial charge in [0.15, 0.2) is 0 Å². The molecule has 0 N–H and O–H groups in total. The second-order valence-corrected chi connectivity index (χ2v) is 5.57. The number of carbonyl (C=O) groups excluding carboxylic acids is 1. The molecule has 1 heterocycles. The number of rotatable bonds is 7. The van der Waals surface area contributed by atoms with Crippen LogP contribution in [0.4, 0.5) is 0 Å². The first-order valence-electron chi connectivity index (χ1n) is 7.84. The van der Waals surface area contributed by atoms with Gasteiger partial charge < -0.3 is 4.90 Å². The van der Waals surface area contributed by atoms with Gasteiger partial charge >= 0.3 is 0 Å². The summed E-state index contributed by atoms with van der Waals surface area (Å²) in [6.45, 7) is 4.20. The fraction of sp³-hybridized carbons (Fsp3) is 0.471. The molecule has 1 aromatic heterocycles. The van der Waals surface area contributed by atoms with Gasteiger partial charge in [0.25, 0.3) is 0 Å². The summed E-state index contributed by atoms with van der Waals surface area (Å²) < 4.78 is 1.72. The number of amides is 1. The molecule has 0 saturated heterocycles. The monoisotopic (exact) mass is 300 g/mol. The van der Waals surface area contributed by atoms with Crippen LogP contribution in [0.15, 0.2) is 36.9 Å². The first-order valence-corrected chi connectivity index (χ1v) is 7.84. The Morgan fingerprint density at radius 2 is 2.00 bits per heavy atom. The van der Waals surface area contributed by atoms with E-state index in [0.717, 1.165) is 30.5 Å². The number of carbonyl (C=O) groups is 1. The van der Waals surface area contributed by atoms with Gasteiger partial charge in [0.1, 0.15) is 12.7 Å². The molecule has 22 heavy (non-hydrogen) atoms. The molecule has 1 unspecified atom stereocenters. The van der Waals surface area contributed by atoms with Crippen LogP contribution in [-0.2, 0) is 4.79 Å². The van der Waals surface area contributed by atoms with E-state index in [1.54, 1.807) is 11.0 Å². The van der Waals surface area contributed by atoms with Gasteiger partial charge in [0.05, 0.1) is 11.7 Å². The topological polar surface area (TPSA) is 51.0 Å². The number of nitrogens with zero attached hydrogens (tertiary/aromatic N) is 4. The van der Waals surface area contributed by atoms with E-state index in [1.807, 2.05) is 36.2 Å². The van der Waals surface area contributed by atoms with E-state index in [9.17, 15) is 4.79 Å². The number of aromatic nitrogens is 3. The van der Waals surface area contributed by atoms with Crippen LogP contribution in [0.2, 0.25) is 0 Å². The van der Waals surface area contributed by atoms with Gasteiger partial charge in [0.2, 0.25) is 5.91 Å². The molecular formula is C17H24N4O. The second-order valence-electron chi connectivity index (χ2n) is 5.57. The zero-order chi connectivity index (χ0) is 15.9. The average molecular weight is 300 g/mol. The first kappa shape index (κ1) is 16.2. The lowest BCUT2D eigenvalue weighted by molar-refractivity contribution is -0.131. The standard InChI is InChI=1S/C17H24N4O/c1-4-5-6-7-17(22)20(3)14(2)15-8-10-16(11-9-15)21-13-18-12-19-21/h8-14H,4-7H2,1-3H3. The molecule has 0 aliphatic rings. The van der Waals surface area contributed by atoms with Crippen molar-refractivity contribution in [1.82, 2.24) is 19.7 Å². The fourth-order valence-electron chi connectivity index (χ4n) is 2.39. The van der Waals surface area contributed by atoms with Crippen molar-refractivity contribution in [2.24, 2.45) is 0 Å². The predicted molar refractivity (Wildman–Crippen MR) is 86.7 cm³/mol. The van der Waals surface area contributed by atoms with Crippen LogP contribution in [0.1, 0.15) is 51.1 Å². The van der Waals surface area contributed by atoms with Crippen LogP contribution in [0.3, 0.4) is 0 Å². The summed E-state index contributed by atoms with van der Waals surface area (Å²) in [5.74, 6) is 0.210. The summed E-state index contributed by atoms with van der Waals surface area (Å²) in [7, 11) is 1.88. The Morgan fingerprint density at radius 3 is 2.59 bits per heavy atom. The van der Waals surface area contributed by atoms with Crippen LogP contribution >= 0.6 is 0 Å². The van der Waals surface area contributed by atoms with Crippen molar-refractivity contribution in [2.75, 3.05) is 7.05 Å². The predicted octanol–water partition coefficient (Wildman–Crippen LogP) is 3.37. The highest BCUT2D eigenvalue weighted by Gasteiger charge is 2.16. The van der Waals surface area contributed by atoms with E-state index in [2.05, 4.69) is 23.9 Å². The molecule has 0 radical (unpaired) electrons. The van der Waals surface area contributed by atoms with E-state index in [1.165, 1.54) is 6.33 Å². The summed E-state index contributed by atoms with van der Waals surface area (Å²) in [5, 5.41) is 4.11. The normalized spacial score (nSPS) is 12.1. The zero-order valence-corrected chi connectivity index (χ0v) is 13.6. The Hall–Kier alpha value is -2.17. The van der Waals surface area contributed by atoms with E-state index in [0.29, 0.717) is 6.42 Å². The molecule has 0 spiro atoms. The molecule has 0 aliphatic heterocycles. The fourth-order valence-corrected chi connectivity index (χ4v) is 2.39. The molecule has 1 aromatic carbocycles. The Labute approximate surface area is 132 Å². The summed E-state index contributed by atoms with van der Waals surface area (Å²) >= 11 is 0. The maximum atomic E-state index is 12.2. The number of hydrogen-bond acceptors (Lipinski definition) is 3. The summed E-state index contributed by atoms with van der Waals surface area (Å²) in [6.07, 6.45) is 7.03. The Balaban J connectivity index is 1.99. The largest absolute Gasteiger partial charge is 0.339 e. The zero-order valence-electron chi connectivity index (χ0n) is 13.6. The number of hydrogen-bond donors (Lipinski definition) is 0. The van der Waals surface area contributed by atoms with Gasteiger partial charge in [-0.05, 0) is 31.0 Å². The van der Waals surface area contributed by atoms with Gasteiger partial charge in [-0.25, -0.2) is 9.67 Å². The third kappa shape index (κ3) is 3.93. The highest BCUT2D eigenvalue weighted by atomic mass is 16.2. The van der Waals surface area contributed by atoms with Gasteiger partial charge in [-0.15, -0.1) is 0 Å². The molecule has 0 saturated carbocycles. The Morgan fingerprint density at radius 1 is 1.27 bits per heavy atom. The average Bonchev–Trinajstić information content (AvgIpc) is 3.08. The minimum Gasteiger partial charge on any atom is -0.339 e. The summed E-state index contributed by atoms with van der Waals surface area (Å²) in [5.41, 5.74) is 2.08.